The minimum absolute atomic E-state index is 0. The monoisotopic (exact) mass is 189 g/mol. The summed E-state index contributed by atoms with van der Waals surface area (Å²) in [4.78, 5) is 0. The lowest BCUT2D eigenvalue weighted by Gasteiger charge is -2.07. The molecular formula is C8H12ClNO2. The Morgan fingerprint density at radius 1 is 1.25 bits per heavy atom. The standard InChI is InChI=1S/C8H11NO2.ClH/c9-8(5-10)6-1-3-7(11)4-2-6;/h1-4,8,10-11H,5,9H2;1H/t8-;/m1./s1. The first-order valence-electron chi connectivity index (χ1n) is 3.39. The fourth-order valence-electron chi connectivity index (χ4n) is 0.827. The Morgan fingerprint density at radius 3 is 2.17 bits per heavy atom. The molecule has 0 aliphatic rings. The zero-order valence-corrected chi connectivity index (χ0v) is 7.29. The zero-order valence-electron chi connectivity index (χ0n) is 6.47. The Kier molecular flexibility index (Phi) is 4.66. The molecule has 1 aromatic carbocycles. The van der Waals surface area contributed by atoms with Crippen molar-refractivity contribution in [1.82, 2.24) is 0 Å². The van der Waals surface area contributed by atoms with Gasteiger partial charge < -0.3 is 15.9 Å². The van der Waals surface area contributed by atoms with Gasteiger partial charge in [-0.1, -0.05) is 12.1 Å². The van der Waals surface area contributed by atoms with E-state index in [1.807, 2.05) is 0 Å². The van der Waals surface area contributed by atoms with E-state index >= 15 is 0 Å². The molecule has 4 N–H and O–H groups in total. The van der Waals surface area contributed by atoms with Crippen molar-refractivity contribution in [3.8, 4) is 5.75 Å². The van der Waals surface area contributed by atoms with Gasteiger partial charge in [-0.25, -0.2) is 0 Å². The van der Waals surface area contributed by atoms with E-state index in [0.29, 0.717) is 0 Å². The SMILES string of the molecule is Cl.N[C@H](CO)c1ccc(O)cc1. The molecule has 0 aliphatic carbocycles. The molecule has 0 radical (unpaired) electrons. The zero-order chi connectivity index (χ0) is 8.27. The van der Waals surface area contributed by atoms with Crippen LogP contribution in [0.3, 0.4) is 0 Å². The maximum absolute atomic E-state index is 8.91. The van der Waals surface area contributed by atoms with Crippen LogP contribution in [0, 0.1) is 0 Å². The molecule has 1 rings (SSSR count). The first-order valence-corrected chi connectivity index (χ1v) is 3.39. The molecule has 12 heavy (non-hydrogen) atoms. The fourth-order valence-corrected chi connectivity index (χ4v) is 0.827. The summed E-state index contributed by atoms with van der Waals surface area (Å²) in [7, 11) is 0. The van der Waals surface area contributed by atoms with Gasteiger partial charge in [0.05, 0.1) is 12.6 Å². The summed E-state index contributed by atoms with van der Waals surface area (Å²) in [5, 5.41) is 17.6. The average molecular weight is 190 g/mol. The third-order valence-electron chi connectivity index (χ3n) is 1.52. The maximum Gasteiger partial charge on any atom is 0.115 e. The van der Waals surface area contributed by atoms with Crippen LogP contribution < -0.4 is 5.73 Å². The molecule has 0 spiro atoms. The minimum Gasteiger partial charge on any atom is -0.508 e. The summed E-state index contributed by atoms with van der Waals surface area (Å²) in [6, 6.07) is 6.12. The Morgan fingerprint density at radius 2 is 1.75 bits per heavy atom. The highest BCUT2D eigenvalue weighted by Crippen LogP contribution is 2.14. The normalized spacial score (nSPS) is 11.8. The number of aliphatic hydroxyl groups is 1. The Labute approximate surface area is 77.2 Å². The van der Waals surface area contributed by atoms with Crippen LogP contribution in [0.5, 0.6) is 5.75 Å². The van der Waals surface area contributed by atoms with Gasteiger partial charge in [0, 0.05) is 0 Å². The molecule has 0 aromatic heterocycles. The molecule has 0 amide bonds. The lowest BCUT2D eigenvalue weighted by atomic mass is 10.1. The van der Waals surface area contributed by atoms with Gasteiger partial charge >= 0.3 is 0 Å². The number of phenols is 1. The number of hydrogen-bond donors (Lipinski definition) is 3. The van der Waals surface area contributed by atoms with Crippen molar-refractivity contribution in [2.75, 3.05) is 6.61 Å². The van der Waals surface area contributed by atoms with Crippen molar-refractivity contribution < 1.29 is 10.2 Å². The first-order chi connectivity index (χ1) is 5.24. The van der Waals surface area contributed by atoms with Crippen LogP contribution in [-0.4, -0.2) is 16.8 Å². The molecule has 1 atom stereocenters. The van der Waals surface area contributed by atoms with Crippen LogP contribution in [0.2, 0.25) is 0 Å². The van der Waals surface area contributed by atoms with Gasteiger partial charge in [-0.2, -0.15) is 0 Å². The Bertz CT molecular complexity index is 225. The van der Waals surface area contributed by atoms with Crippen molar-refractivity contribution in [3.05, 3.63) is 29.8 Å². The van der Waals surface area contributed by atoms with Crippen LogP contribution in [0.25, 0.3) is 0 Å². The molecule has 0 saturated heterocycles. The van der Waals surface area contributed by atoms with Gasteiger partial charge in [0.1, 0.15) is 5.75 Å². The molecular weight excluding hydrogens is 178 g/mol. The van der Waals surface area contributed by atoms with E-state index < -0.39 is 0 Å². The molecule has 1 aromatic rings. The van der Waals surface area contributed by atoms with Gasteiger partial charge in [-0.05, 0) is 17.7 Å². The Hall–Kier alpha value is -0.770. The van der Waals surface area contributed by atoms with Crippen molar-refractivity contribution in [2.24, 2.45) is 5.73 Å². The number of benzene rings is 1. The molecule has 3 nitrogen and oxygen atoms in total. The number of halogens is 1. The van der Waals surface area contributed by atoms with Crippen molar-refractivity contribution in [2.45, 2.75) is 6.04 Å². The highest BCUT2D eigenvalue weighted by atomic mass is 35.5. The molecule has 0 heterocycles. The van der Waals surface area contributed by atoms with E-state index in [9.17, 15) is 0 Å². The van der Waals surface area contributed by atoms with E-state index in [2.05, 4.69) is 0 Å². The van der Waals surface area contributed by atoms with E-state index in [1.54, 1.807) is 24.3 Å². The van der Waals surface area contributed by atoms with Gasteiger partial charge in [0.15, 0.2) is 0 Å². The van der Waals surface area contributed by atoms with Crippen LogP contribution >= 0.6 is 12.4 Å². The molecule has 4 heteroatoms. The van der Waals surface area contributed by atoms with E-state index in [4.69, 9.17) is 15.9 Å². The summed E-state index contributed by atoms with van der Waals surface area (Å²) in [6.07, 6.45) is 0. The quantitative estimate of drug-likeness (QED) is 0.645. The van der Waals surface area contributed by atoms with E-state index in [-0.39, 0.29) is 30.8 Å². The second-order valence-electron chi connectivity index (χ2n) is 2.38. The fraction of sp³-hybridized carbons (Fsp3) is 0.250. The van der Waals surface area contributed by atoms with Gasteiger partial charge in [-0.3, -0.25) is 0 Å². The van der Waals surface area contributed by atoms with Gasteiger partial charge in [0.25, 0.3) is 0 Å². The summed E-state index contributed by atoms with van der Waals surface area (Å²) in [5.74, 6) is 0.207. The molecule has 0 unspecified atom stereocenters. The number of aliphatic hydroxyl groups excluding tert-OH is 1. The average Bonchev–Trinajstić information content (AvgIpc) is 2.05. The van der Waals surface area contributed by atoms with Crippen molar-refractivity contribution >= 4 is 12.4 Å². The predicted molar refractivity (Wildman–Crippen MR) is 49.4 cm³/mol. The van der Waals surface area contributed by atoms with Gasteiger partial charge in [0.2, 0.25) is 0 Å². The molecule has 0 saturated carbocycles. The number of nitrogens with two attached hydrogens (primary N) is 1. The lowest BCUT2D eigenvalue weighted by Crippen LogP contribution is -2.13. The number of hydrogen-bond acceptors (Lipinski definition) is 3. The van der Waals surface area contributed by atoms with Gasteiger partial charge in [-0.15, -0.1) is 12.4 Å². The highest BCUT2D eigenvalue weighted by molar-refractivity contribution is 5.85. The van der Waals surface area contributed by atoms with E-state index in [0.717, 1.165) is 5.56 Å². The van der Waals surface area contributed by atoms with E-state index in [1.165, 1.54) is 0 Å². The van der Waals surface area contributed by atoms with Crippen molar-refractivity contribution in [1.29, 1.82) is 0 Å². The largest absolute Gasteiger partial charge is 0.508 e. The topological polar surface area (TPSA) is 66.5 Å². The van der Waals surface area contributed by atoms with Crippen LogP contribution in [-0.2, 0) is 0 Å². The van der Waals surface area contributed by atoms with Crippen LogP contribution in [0.4, 0.5) is 0 Å². The first kappa shape index (κ1) is 11.2. The maximum atomic E-state index is 8.91. The van der Waals surface area contributed by atoms with Crippen LogP contribution in [0.15, 0.2) is 24.3 Å². The van der Waals surface area contributed by atoms with Crippen LogP contribution in [0.1, 0.15) is 11.6 Å². The number of aromatic hydroxyl groups is 1. The minimum atomic E-state index is -0.351. The summed E-state index contributed by atoms with van der Waals surface area (Å²) < 4.78 is 0. The third-order valence-corrected chi connectivity index (χ3v) is 1.52. The smallest absolute Gasteiger partial charge is 0.115 e. The summed E-state index contributed by atoms with van der Waals surface area (Å²) in [6.45, 7) is -0.0786. The highest BCUT2D eigenvalue weighted by Gasteiger charge is 2.02. The predicted octanol–water partition coefficient (Wildman–Crippen LogP) is 0.806. The summed E-state index contributed by atoms with van der Waals surface area (Å²) in [5.41, 5.74) is 6.34. The third kappa shape index (κ3) is 2.70. The molecule has 0 aliphatic heterocycles. The summed E-state index contributed by atoms with van der Waals surface area (Å²) >= 11 is 0. The molecule has 0 bridgehead atoms. The number of phenolic OH excluding ortho intramolecular Hbond substituents is 1. The lowest BCUT2D eigenvalue weighted by molar-refractivity contribution is 0.268. The van der Waals surface area contributed by atoms with Crippen molar-refractivity contribution in [3.63, 3.8) is 0 Å². The second kappa shape index (κ2) is 4.98. The Balaban J connectivity index is 0.00000121. The molecule has 0 fully saturated rings. The number of rotatable bonds is 2. The second-order valence-corrected chi connectivity index (χ2v) is 2.38. The molecule has 68 valence electrons.